The van der Waals surface area contributed by atoms with Gasteiger partial charge in [-0.25, -0.2) is 9.59 Å². The van der Waals surface area contributed by atoms with E-state index in [2.05, 4.69) is 5.32 Å². The lowest BCUT2D eigenvalue weighted by Crippen LogP contribution is -2.17. The van der Waals surface area contributed by atoms with E-state index < -0.39 is 23.4 Å². The summed E-state index contributed by atoms with van der Waals surface area (Å²) in [5.74, 6) is -2.60. The van der Waals surface area contributed by atoms with Crippen molar-refractivity contribution in [3.8, 4) is 11.5 Å². The quantitative estimate of drug-likeness (QED) is 0.734. The number of carbonyl (C=O) groups excluding carboxylic acids is 1. The molecule has 0 bridgehead atoms. The smallest absolute Gasteiger partial charge is 0.336 e. The highest BCUT2D eigenvalue weighted by molar-refractivity contribution is 6.12. The molecular weight excluding hydrogens is 330 g/mol. The molecule has 130 valence electrons. The van der Waals surface area contributed by atoms with Crippen molar-refractivity contribution in [2.45, 2.75) is 0 Å². The van der Waals surface area contributed by atoms with Crippen molar-refractivity contribution in [1.29, 1.82) is 0 Å². The number of carboxylic acids is 2. The Morgan fingerprint density at radius 1 is 0.880 bits per heavy atom. The first-order valence-electron chi connectivity index (χ1n) is 7.01. The molecule has 1 amide bonds. The second kappa shape index (κ2) is 7.35. The average molecular weight is 345 g/mol. The summed E-state index contributed by atoms with van der Waals surface area (Å²) >= 11 is 0. The zero-order chi connectivity index (χ0) is 18.6. The molecule has 0 saturated carbocycles. The maximum atomic E-state index is 12.5. The summed E-state index contributed by atoms with van der Waals surface area (Å²) in [7, 11) is 2.88. The van der Waals surface area contributed by atoms with E-state index in [1.54, 1.807) is 12.1 Å². The summed E-state index contributed by atoms with van der Waals surface area (Å²) in [6.45, 7) is 0. The summed E-state index contributed by atoms with van der Waals surface area (Å²) in [4.78, 5) is 34.8. The lowest BCUT2D eigenvalue weighted by molar-refractivity contribution is 0.0692. The van der Waals surface area contributed by atoms with Gasteiger partial charge in [0.2, 0.25) is 0 Å². The summed E-state index contributed by atoms with van der Waals surface area (Å²) in [5.41, 5.74) is -0.542. The number of amides is 1. The number of carboxylic acid groups (broad SMARTS) is 2. The first-order valence-corrected chi connectivity index (χ1v) is 7.01. The van der Waals surface area contributed by atoms with E-state index in [-0.39, 0.29) is 16.8 Å². The molecule has 25 heavy (non-hydrogen) atoms. The molecule has 8 nitrogen and oxygen atoms in total. The molecule has 0 atom stereocenters. The van der Waals surface area contributed by atoms with Gasteiger partial charge in [0.15, 0.2) is 0 Å². The van der Waals surface area contributed by atoms with Crippen LogP contribution < -0.4 is 14.8 Å². The Bertz CT molecular complexity index is 845. The van der Waals surface area contributed by atoms with Gasteiger partial charge in [-0.15, -0.1) is 0 Å². The van der Waals surface area contributed by atoms with Crippen LogP contribution in [0, 0.1) is 0 Å². The number of rotatable bonds is 6. The van der Waals surface area contributed by atoms with Crippen molar-refractivity contribution in [3.05, 3.63) is 53.1 Å². The van der Waals surface area contributed by atoms with Crippen LogP contribution in [0.15, 0.2) is 36.4 Å². The van der Waals surface area contributed by atoms with Crippen LogP contribution in [0.1, 0.15) is 31.1 Å². The number of benzene rings is 2. The molecule has 0 unspecified atom stereocenters. The zero-order valence-corrected chi connectivity index (χ0v) is 13.4. The molecule has 0 aromatic heterocycles. The van der Waals surface area contributed by atoms with Gasteiger partial charge < -0.3 is 25.0 Å². The number of carbonyl (C=O) groups is 3. The molecule has 3 N–H and O–H groups in total. The zero-order valence-electron chi connectivity index (χ0n) is 13.4. The molecule has 0 saturated heterocycles. The van der Waals surface area contributed by atoms with Crippen LogP contribution in [0.5, 0.6) is 11.5 Å². The maximum Gasteiger partial charge on any atom is 0.336 e. The third kappa shape index (κ3) is 3.86. The molecule has 0 heterocycles. The van der Waals surface area contributed by atoms with E-state index in [0.717, 1.165) is 18.2 Å². The van der Waals surface area contributed by atoms with E-state index in [0.29, 0.717) is 11.5 Å². The fourth-order valence-electron chi connectivity index (χ4n) is 2.15. The van der Waals surface area contributed by atoms with Gasteiger partial charge in [0.1, 0.15) is 11.5 Å². The predicted molar refractivity (Wildman–Crippen MR) is 87.9 cm³/mol. The summed E-state index contributed by atoms with van der Waals surface area (Å²) in [6.07, 6.45) is 0. The van der Waals surface area contributed by atoms with Crippen molar-refractivity contribution in [2.24, 2.45) is 0 Å². The molecule has 0 aliphatic heterocycles. The normalized spacial score (nSPS) is 10.0. The fourth-order valence-corrected chi connectivity index (χ4v) is 2.15. The third-order valence-corrected chi connectivity index (χ3v) is 3.40. The minimum absolute atomic E-state index is 0.178. The number of anilines is 1. The van der Waals surface area contributed by atoms with Crippen molar-refractivity contribution < 1.29 is 34.1 Å². The Kier molecular flexibility index (Phi) is 5.23. The Labute approximate surface area is 142 Å². The van der Waals surface area contributed by atoms with Gasteiger partial charge in [-0.1, -0.05) is 0 Å². The van der Waals surface area contributed by atoms with E-state index >= 15 is 0 Å². The minimum atomic E-state index is -1.41. The lowest BCUT2D eigenvalue weighted by atomic mass is 10.0. The topological polar surface area (TPSA) is 122 Å². The molecule has 0 radical (unpaired) electrons. The summed E-state index contributed by atoms with van der Waals surface area (Å²) < 4.78 is 10.2. The molecular formula is C17H15NO7. The average Bonchev–Trinajstić information content (AvgIpc) is 2.60. The third-order valence-electron chi connectivity index (χ3n) is 3.40. The second-order valence-corrected chi connectivity index (χ2v) is 4.89. The first kappa shape index (κ1) is 17.8. The van der Waals surface area contributed by atoms with Crippen LogP contribution >= 0.6 is 0 Å². The van der Waals surface area contributed by atoms with E-state index in [4.69, 9.17) is 14.6 Å². The predicted octanol–water partition coefficient (Wildman–Crippen LogP) is 2.35. The number of nitrogens with one attached hydrogen (secondary N) is 1. The van der Waals surface area contributed by atoms with Gasteiger partial charge in [0, 0.05) is 6.07 Å². The van der Waals surface area contributed by atoms with Gasteiger partial charge >= 0.3 is 11.9 Å². The second-order valence-electron chi connectivity index (χ2n) is 4.89. The highest BCUT2D eigenvalue weighted by Gasteiger charge is 2.20. The summed E-state index contributed by atoms with van der Waals surface area (Å²) in [6, 6.07) is 7.98. The lowest BCUT2D eigenvalue weighted by Gasteiger charge is -2.13. The van der Waals surface area contributed by atoms with Crippen LogP contribution in [0.3, 0.4) is 0 Å². The number of aromatic carboxylic acids is 2. The fraction of sp³-hybridized carbons (Fsp3) is 0.118. The standard InChI is InChI=1S/C17H15NO7/c1-24-10-4-6-14(25-2)13(8-10)18-15(19)11-5-3-9(16(20)21)7-12(11)17(22)23/h3-8H,1-2H3,(H,18,19)(H,20,21)(H,22,23). The van der Waals surface area contributed by atoms with Gasteiger partial charge in [-0.05, 0) is 30.3 Å². The van der Waals surface area contributed by atoms with E-state index in [1.165, 1.54) is 20.3 Å². The van der Waals surface area contributed by atoms with Gasteiger partial charge in [-0.3, -0.25) is 4.79 Å². The molecule has 2 rings (SSSR count). The Balaban J connectivity index is 2.42. The molecule has 2 aromatic carbocycles. The molecule has 0 aliphatic rings. The molecule has 0 fully saturated rings. The maximum absolute atomic E-state index is 12.5. The van der Waals surface area contributed by atoms with Gasteiger partial charge in [-0.2, -0.15) is 0 Å². The summed E-state index contributed by atoms with van der Waals surface area (Å²) in [5, 5.41) is 20.8. The van der Waals surface area contributed by atoms with Gasteiger partial charge in [0.05, 0.1) is 36.6 Å². The molecule has 8 heteroatoms. The van der Waals surface area contributed by atoms with Crippen LogP contribution in [0.2, 0.25) is 0 Å². The van der Waals surface area contributed by atoms with Crippen LogP contribution in [0.4, 0.5) is 5.69 Å². The van der Waals surface area contributed by atoms with Crippen molar-refractivity contribution in [3.63, 3.8) is 0 Å². The SMILES string of the molecule is COc1ccc(OC)c(NC(=O)c2ccc(C(=O)O)cc2C(=O)O)c1. The monoisotopic (exact) mass is 345 g/mol. The highest BCUT2D eigenvalue weighted by atomic mass is 16.5. The number of ether oxygens (including phenoxy) is 2. The Hall–Kier alpha value is -3.55. The first-order chi connectivity index (χ1) is 11.9. The van der Waals surface area contributed by atoms with Crippen molar-refractivity contribution >= 4 is 23.5 Å². The van der Waals surface area contributed by atoms with Crippen LogP contribution in [-0.2, 0) is 0 Å². The number of methoxy groups -OCH3 is 2. The number of hydrogen-bond acceptors (Lipinski definition) is 5. The Morgan fingerprint density at radius 2 is 1.60 bits per heavy atom. The molecule has 2 aromatic rings. The highest BCUT2D eigenvalue weighted by Crippen LogP contribution is 2.29. The Morgan fingerprint density at radius 3 is 2.16 bits per heavy atom. The largest absolute Gasteiger partial charge is 0.497 e. The van der Waals surface area contributed by atoms with Crippen molar-refractivity contribution in [1.82, 2.24) is 0 Å². The van der Waals surface area contributed by atoms with Crippen LogP contribution in [0.25, 0.3) is 0 Å². The molecule has 0 aliphatic carbocycles. The van der Waals surface area contributed by atoms with E-state index in [1.807, 2.05) is 0 Å². The van der Waals surface area contributed by atoms with Crippen LogP contribution in [-0.4, -0.2) is 42.3 Å². The van der Waals surface area contributed by atoms with Gasteiger partial charge in [0.25, 0.3) is 5.91 Å². The number of hydrogen-bond donors (Lipinski definition) is 3. The molecule has 0 spiro atoms. The van der Waals surface area contributed by atoms with Crippen molar-refractivity contribution in [2.75, 3.05) is 19.5 Å². The minimum Gasteiger partial charge on any atom is -0.497 e. The van der Waals surface area contributed by atoms with E-state index in [9.17, 15) is 19.5 Å².